The highest BCUT2D eigenvalue weighted by Crippen LogP contribution is 2.36. The predicted octanol–water partition coefficient (Wildman–Crippen LogP) is 3.39. The second-order valence-electron chi connectivity index (χ2n) is 4.95. The van der Waals surface area contributed by atoms with Gasteiger partial charge in [-0.3, -0.25) is 9.59 Å². The van der Waals surface area contributed by atoms with Crippen LogP contribution in [0.5, 0.6) is 11.5 Å². The summed E-state index contributed by atoms with van der Waals surface area (Å²) in [5.74, 6) is -0.544. The lowest BCUT2D eigenvalue weighted by Crippen LogP contribution is -2.17. The molecule has 0 bridgehead atoms. The lowest BCUT2D eigenvalue weighted by atomic mass is 10.0. The molecule has 0 amide bonds. The van der Waals surface area contributed by atoms with Crippen LogP contribution in [0.1, 0.15) is 29.9 Å². The summed E-state index contributed by atoms with van der Waals surface area (Å²) in [6.07, 6.45) is 0.106. The van der Waals surface area contributed by atoms with Gasteiger partial charge >= 0.3 is 5.97 Å². The largest absolute Gasteiger partial charge is 0.504 e. The van der Waals surface area contributed by atoms with Crippen LogP contribution in [0.25, 0.3) is 10.1 Å². The minimum Gasteiger partial charge on any atom is -0.504 e. The van der Waals surface area contributed by atoms with Crippen LogP contribution >= 0.6 is 11.3 Å². The first kappa shape index (κ1) is 16.3. The number of Topliss-reactive ketones (excluding diaryl/α,β-unsaturated/α-hetero) is 1. The molecule has 2 aromatic rings. The summed E-state index contributed by atoms with van der Waals surface area (Å²) in [6.45, 7) is 3.72. The first-order chi connectivity index (χ1) is 10.5. The Balaban J connectivity index is 2.20. The predicted molar refractivity (Wildman–Crippen MR) is 84.8 cm³/mol. The van der Waals surface area contributed by atoms with Crippen molar-refractivity contribution in [1.29, 1.82) is 0 Å². The van der Waals surface area contributed by atoms with Gasteiger partial charge in [0.25, 0.3) is 0 Å². The van der Waals surface area contributed by atoms with Gasteiger partial charge in [-0.2, -0.15) is 0 Å². The number of methoxy groups -OCH3 is 1. The van der Waals surface area contributed by atoms with E-state index < -0.39 is 5.92 Å². The number of phenolic OH excluding ortho intramolecular Hbond substituents is 1. The Bertz CT molecular complexity index is 704. The lowest BCUT2D eigenvalue weighted by Gasteiger charge is -2.08. The van der Waals surface area contributed by atoms with E-state index >= 15 is 0 Å². The Hall–Kier alpha value is -2.08. The van der Waals surface area contributed by atoms with Gasteiger partial charge in [-0.15, -0.1) is 11.3 Å². The SMILES string of the molecule is CCOC(=O)[C@@H](C)CC(=O)c1cc2cc(O)c(OC)cc2s1. The van der Waals surface area contributed by atoms with Crippen molar-refractivity contribution in [3.63, 3.8) is 0 Å². The van der Waals surface area contributed by atoms with E-state index in [4.69, 9.17) is 9.47 Å². The van der Waals surface area contributed by atoms with Crippen molar-refractivity contribution in [1.82, 2.24) is 0 Å². The third-order valence-corrected chi connectivity index (χ3v) is 4.41. The molecule has 2 rings (SSSR count). The maximum atomic E-state index is 12.3. The van der Waals surface area contributed by atoms with E-state index in [0.717, 1.165) is 10.1 Å². The Kier molecular flexibility index (Phi) is 5.03. The van der Waals surface area contributed by atoms with Crippen LogP contribution in [0.2, 0.25) is 0 Å². The van der Waals surface area contributed by atoms with Crippen molar-refractivity contribution in [2.45, 2.75) is 20.3 Å². The number of hydrogen-bond donors (Lipinski definition) is 1. The van der Waals surface area contributed by atoms with Crippen molar-refractivity contribution in [3.05, 3.63) is 23.1 Å². The fourth-order valence-corrected chi connectivity index (χ4v) is 3.13. The monoisotopic (exact) mass is 322 g/mol. The Morgan fingerprint density at radius 3 is 2.68 bits per heavy atom. The summed E-state index contributed by atoms with van der Waals surface area (Å²) in [7, 11) is 1.47. The lowest BCUT2D eigenvalue weighted by molar-refractivity contribution is -0.147. The van der Waals surface area contributed by atoms with E-state index in [9.17, 15) is 14.7 Å². The van der Waals surface area contributed by atoms with E-state index in [-0.39, 0.29) is 23.9 Å². The van der Waals surface area contributed by atoms with E-state index in [1.807, 2.05) is 0 Å². The molecule has 0 spiro atoms. The van der Waals surface area contributed by atoms with Gasteiger partial charge in [-0.25, -0.2) is 0 Å². The molecule has 6 heteroatoms. The average Bonchev–Trinajstić information content (AvgIpc) is 2.89. The van der Waals surface area contributed by atoms with E-state index in [1.54, 1.807) is 32.0 Å². The fraction of sp³-hybridized carbons (Fsp3) is 0.375. The summed E-state index contributed by atoms with van der Waals surface area (Å²) >= 11 is 1.32. The number of ether oxygens (including phenoxy) is 2. The topological polar surface area (TPSA) is 72.8 Å². The van der Waals surface area contributed by atoms with Gasteiger partial charge in [0, 0.05) is 17.2 Å². The van der Waals surface area contributed by atoms with Crippen molar-refractivity contribution in [2.75, 3.05) is 13.7 Å². The zero-order valence-electron chi connectivity index (χ0n) is 12.7. The maximum absolute atomic E-state index is 12.3. The molecule has 1 aromatic heterocycles. The quantitative estimate of drug-likeness (QED) is 0.652. The minimum atomic E-state index is -0.472. The number of benzene rings is 1. The molecule has 5 nitrogen and oxygen atoms in total. The molecule has 0 aliphatic carbocycles. The second kappa shape index (κ2) is 6.79. The molecule has 22 heavy (non-hydrogen) atoms. The molecule has 1 aromatic carbocycles. The van der Waals surface area contributed by atoms with Gasteiger partial charge in [0.05, 0.1) is 24.5 Å². The highest BCUT2D eigenvalue weighted by atomic mass is 32.1. The molecule has 1 heterocycles. The summed E-state index contributed by atoms with van der Waals surface area (Å²) in [5, 5.41) is 10.5. The number of fused-ring (bicyclic) bond motifs is 1. The van der Waals surface area contributed by atoms with Gasteiger partial charge < -0.3 is 14.6 Å². The number of ketones is 1. The second-order valence-corrected chi connectivity index (χ2v) is 6.04. The average molecular weight is 322 g/mol. The zero-order valence-corrected chi connectivity index (χ0v) is 13.5. The first-order valence-electron chi connectivity index (χ1n) is 6.96. The number of phenols is 1. The summed E-state index contributed by atoms with van der Waals surface area (Å²) in [5.41, 5.74) is 0. The summed E-state index contributed by atoms with van der Waals surface area (Å²) in [6, 6.07) is 4.98. The smallest absolute Gasteiger partial charge is 0.309 e. The van der Waals surface area contributed by atoms with Crippen LogP contribution in [0.15, 0.2) is 18.2 Å². The van der Waals surface area contributed by atoms with Crippen molar-refractivity contribution >= 4 is 33.2 Å². The number of rotatable bonds is 6. The van der Waals surface area contributed by atoms with Crippen molar-refractivity contribution in [2.24, 2.45) is 5.92 Å². The molecule has 118 valence electrons. The number of esters is 1. The molecule has 1 atom stereocenters. The molecular formula is C16H18O5S. The Morgan fingerprint density at radius 1 is 1.32 bits per heavy atom. The molecule has 0 fully saturated rings. The third-order valence-electron chi connectivity index (χ3n) is 3.27. The highest BCUT2D eigenvalue weighted by Gasteiger charge is 2.20. The van der Waals surface area contributed by atoms with Crippen LogP contribution in [0, 0.1) is 5.92 Å². The molecule has 0 unspecified atom stereocenters. The number of carbonyl (C=O) groups excluding carboxylic acids is 2. The van der Waals surface area contributed by atoms with E-state index in [1.165, 1.54) is 18.4 Å². The number of thiophene rings is 1. The van der Waals surface area contributed by atoms with Gasteiger partial charge in [-0.1, -0.05) is 6.92 Å². The number of carbonyl (C=O) groups is 2. The standard InChI is InChI=1S/C16H18O5S/c1-4-21-16(19)9(2)5-12(18)15-7-10-6-11(17)13(20-3)8-14(10)22-15/h6-9,17H,4-5H2,1-3H3/t9-/m0/s1. The van der Waals surface area contributed by atoms with Crippen molar-refractivity contribution in [3.8, 4) is 11.5 Å². The van der Waals surface area contributed by atoms with Crippen molar-refractivity contribution < 1.29 is 24.2 Å². The molecule has 1 N–H and O–H groups in total. The zero-order chi connectivity index (χ0) is 16.3. The van der Waals surface area contributed by atoms with Gasteiger partial charge in [0.15, 0.2) is 17.3 Å². The number of aromatic hydroxyl groups is 1. The molecular weight excluding hydrogens is 304 g/mol. The van der Waals surface area contributed by atoms with Crippen LogP contribution in [0.4, 0.5) is 0 Å². The Morgan fingerprint density at radius 2 is 2.05 bits per heavy atom. The summed E-state index contributed by atoms with van der Waals surface area (Å²) < 4.78 is 10.8. The molecule has 0 saturated heterocycles. The van der Waals surface area contributed by atoms with Crippen LogP contribution in [0.3, 0.4) is 0 Å². The molecule has 0 aliphatic heterocycles. The maximum Gasteiger partial charge on any atom is 0.309 e. The molecule has 0 saturated carbocycles. The highest BCUT2D eigenvalue weighted by molar-refractivity contribution is 7.20. The molecule has 0 aliphatic rings. The van der Waals surface area contributed by atoms with E-state index in [0.29, 0.717) is 17.2 Å². The van der Waals surface area contributed by atoms with Crippen LogP contribution < -0.4 is 4.74 Å². The minimum absolute atomic E-state index is 0.0340. The normalized spacial score (nSPS) is 12.1. The Labute approximate surface area is 132 Å². The summed E-state index contributed by atoms with van der Waals surface area (Å²) in [4.78, 5) is 24.4. The van der Waals surface area contributed by atoms with Crippen LogP contribution in [-0.4, -0.2) is 30.6 Å². The third kappa shape index (κ3) is 3.39. The first-order valence-corrected chi connectivity index (χ1v) is 7.78. The van der Waals surface area contributed by atoms with Crippen LogP contribution in [-0.2, 0) is 9.53 Å². The molecule has 0 radical (unpaired) electrons. The fourth-order valence-electron chi connectivity index (χ4n) is 2.10. The van der Waals surface area contributed by atoms with E-state index in [2.05, 4.69) is 0 Å². The van der Waals surface area contributed by atoms with Gasteiger partial charge in [-0.05, 0) is 24.4 Å². The van der Waals surface area contributed by atoms with Gasteiger partial charge in [0.1, 0.15) is 0 Å². The van der Waals surface area contributed by atoms with Gasteiger partial charge in [0.2, 0.25) is 0 Å². The number of hydrogen-bond acceptors (Lipinski definition) is 6.